The lowest BCUT2D eigenvalue weighted by molar-refractivity contribution is 0.0696. The standard InChI is InChI=1S/C25H38O5Si.C18H18O2.C12H10O2.C6H16O3Si.C3H5Br.BH4.B/c1-5-9-19-26-24-15-11-22(12-16-24)23-13-17-25(18-14-23)27-20-10-21-31(28-6-2,29-7-3)30-8-4;1-3-13-19-17-9-5-15(6-10-17)16-7-11-18(12-8-16)20-14-4-2;13-11-5-1-9(2-6-11)10-3-7-12(14)8-4-10;1-4-7-10(8-5-2)9-6-3;1-2-3-4;;/h11-18H,5-10,19-21H2,1-4H3;3-12H,1-2,13-14H2;1-8,13-14H;10H,4-6H2,1-3H3;2H,1,3H2;1H4;/q;;;;;-1;. The van der Waals surface area contributed by atoms with E-state index in [9.17, 15) is 0 Å². The van der Waals surface area contributed by atoms with Gasteiger partial charge in [0, 0.05) is 59.4 Å². The van der Waals surface area contributed by atoms with Gasteiger partial charge in [-0.25, -0.2) is 0 Å². The molecule has 81 heavy (non-hydrogen) atoms. The number of alkyl halides is 1. The van der Waals surface area contributed by atoms with Crippen molar-refractivity contribution in [1.82, 2.24) is 0 Å². The van der Waals surface area contributed by atoms with Gasteiger partial charge in [-0.2, -0.15) is 0 Å². The van der Waals surface area contributed by atoms with E-state index >= 15 is 0 Å². The summed E-state index contributed by atoms with van der Waals surface area (Å²) in [5.41, 5.74) is 6.64. The summed E-state index contributed by atoms with van der Waals surface area (Å²) in [4.78, 5) is 0. The van der Waals surface area contributed by atoms with Crippen molar-refractivity contribution in [3.05, 3.63) is 184 Å². The topological polar surface area (TPSA) is 133 Å². The van der Waals surface area contributed by atoms with Crippen LogP contribution in [-0.4, -0.2) is 117 Å². The van der Waals surface area contributed by atoms with Gasteiger partial charge in [-0.15, -0.1) is 6.58 Å². The fraction of sp³-hybridized carbons (Fsp3) is 0.344. The van der Waals surface area contributed by atoms with Crippen LogP contribution in [0.4, 0.5) is 0 Å². The van der Waals surface area contributed by atoms with Crippen LogP contribution in [0.3, 0.4) is 0 Å². The summed E-state index contributed by atoms with van der Waals surface area (Å²) in [5.74, 6) is 3.99. The molecule has 0 saturated carbocycles. The molecule has 12 nitrogen and oxygen atoms in total. The summed E-state index contributed by atoms with van der Waals surface area (Å²) in [5, 5.41) is 19.1. The molecule has 441 valence electrons. The number of benzene rings is 6. The van der Waals surface area contributed by atoms with Crippen LogP contribution in [0.2, 0.25) is 6.04 Å². The van der Waals surface area contributed by atoms with Crippen LogP contribution in [0.5, 0.6) is 34.5 Å². The number of unbranched alkanes of at least 4 members (excludes halogenated alkanes) is 1. The Bertz CT molecular complexity index is 2330. The van der Waals surface area contributed by atoms with Gasteiger partial charge in [0.05, 0.1) is 13.2 Å². The van der Waals surface area contributed by atoms with Gasteiger partial charge in [-0.1, -0.05) is 142 Å². The lowest BCUT2D eigenvalue weighted by Crippen LogP contribution is -2.46. The molecule has 0 aliphatic carbocycles. The van der Waals surface area contributed by atoms with Crippen molar-refractivity contribution in [2.45, 2.75) is 73.8 Å². The Morgan fingerprint density at radius 3 is 0.938 bits per heavy atom. The minimum atomic E-state index is -2.59. The van der Waals surface area contributed by atoms with Crippen LogP contribution in [0.1, 0.15) is 67.7 Å². The number of phenolic OH excluding ortho intramolecular Hbond substituents is 2. The Labute approximate surface area is 500 Å². The minimum absolute atomic E-state index is 0. The summed E-state index contributed by atoms with van der Waals surface area (Å²) in [6.45, 7) is 30.9. The van der Waals surface area contributed by atoms with Crippen LogP contribution in [-0.2, 0) is 26.6 Å². The Hall–Kier alpha value is -5.86. The van der Waals surface area contributed by atoms with E-state index in [0.717, 1.165) is 93.6 Å². The Morgan fingerprint density at radius 1 is 0.420 bits per heavy atom. The fourth-order valence-electron chi connectivity index (χ4n) is 6.96. The first-order chi connectivity index (χ1) is 38.5. The average Bonchev–Trinajstić information content (AvgIpc) is 3.47. The molecule has 6 rings (SSSR count). The first-order valence-electron chi connectivity index (χ1n) is 27.2. The molecule has 0 unspecified atom stereocenters. The molecule has 6 aromatic rings. The monoisotopic (exact) mass is 1210 g/mol. The third-order valence-corrected chi connectivity index (χ3v) is 16.1. The van der Waals surface area contributed by atoms with E-state index in [1.165, 1.54) is 0 Å². The van der Waals surface area contributed by atoms with Crippen molar-refractivity contribution in [3.8, 4) is 67.9 Å². The summed E-state index contributed by atoms with van der Waals surface area (Å²) in [6.07, 6.45) is 8.30. The zero-order valence-corrected chi connectivity index (χ0v) is 52.1. The molecule has 2 N–H and O–H groups in total. The molecular formula is C64H91B2BrO12Si2-. The number of hydrogen-bond acceptors (Lipinski definition) is 12. The maximum atomic E-state index is 9.11. The second-order valence-corrected chi connectivity index (χ2v) is 21.6. The molecule has 0 aliphatic heterocycles. The Kier molecular flexibility index (Phi) is 44.3. The van der Waals surface area contributed by atoms with Crippen molar-refractivity contribution in [2.75, 3.05) is 71.4 Å². The van der Waals surface area contributed by atoms with E-state index < -0.39 is 18.3 Å². The molecule has 0 aliphatic rings. The highest BCUT2D eigenvalue weighted by molar-refractivity contribution is 9.09. The lowest BCUT2D eigenvalue weighted by Gasteiger charge is -2.28. The first kappa shape index (κ1) is 75.1. The highest BCUT2D eigenvalue weighted by Gasteiger charge is 2.39. The number of ether oxygens (including phenoxy) is 4. The van der Waals surface area contributed by atoms with Crippen molar-refractivity contribution in [3.63, 3.8) is 0 Å². The van der Waals surface area contributed by atoms with Crippen LogP contribution < -0.4 is 18.9 Å². The molecule has 0 fully saturated rings. The Morgan fingerprint density at radius 2 is 0.691 bits per heavy atom. The molecule has 0 amide bonds. The van der Waals surface area contributed by atoms with E-state index in [-0.39, 0.29) is 28.3 Å². The summed E-state index contributed by atoms with van der Waals surface area (Å²) in [7, 11) is -4.33. The highest BCUT2D eigenvalue weighted by Crippen LogP contribution is 2.28. The largest absolute Gasteiger partial charge is 0.508 e. The van der Waals surface area contributed by atoms with Gasteiger partial charge >= 0.3 is 18.3 Å². The van der Waals surface area contributed by atoms with Crippen molar-refractivity contribution in [2.24, 2.45) is 0 Å². The number of allylic oxidation sites excluding steroid dienone is 1. The Balaban J connectivity index is 0.00000110. The zero-order valence-electron chi connectivity index (χ0n) is 48.3. The number of rotatable bonds is 31. The molecule has 0 heterocycles. The van der Waals surface area contributed by atoms with Crippen molar-refractivity contribution < 1.29 is 55.7 Å². The number of hydrogen-bond donors (Lipinski definition) is 2. The second-order valence-electron chi connectivity index (χ2n) is 16.6. The average molecular weight is 1210 g/mol. The van der Waals surface area contributed by atoms with E-state index in [4.69, 9.17) is 55.7 Å². The van der Waals surface area contributed by atoms with E-state index in [0.29, 0.717) is 59.5 Å². The molecule has 6 aromatic carbocycles. The van der Waals surface area contributed by atoms with Gasteiger partial charge in [0.15, 0.2) is 0 Å². The maximum absolute atomic E-state index is 9.11. The normalized spacial score (nSPS) is 10.2. The van der Waals surface area contributed by atoms with Crippen LogP contribution in [0.25, 0.3) is 33.4 Å². The first-order valence-corrected chi connectivity index (χ1v) is 31.6. The minimum Gasteiger partial charge on any atom is -0.508 e. The van der Waals surface area contributed by atoms with Gasteiger partial charge in [-0.3, -0.25) is 0 Å². The second kappa shape index (κ2) is 47.8. The van der Waals surface area contributed by atoms with Gasteiger partial charge in [-0.05, 0) is 161 Å². The van der Waals surface area contributed by atoms with E-state index in [1.54, 1.807) is 42.5 Å². The smallest absolute Gasteiger partial charge is 0.501 e. The van der Waals surface area contributed by atoms with Crippen LogP contribution in [0, 0.1) is 0 Å². The van der Waals surface area contributed by atoms with E-state index in [2.05, 4.69) is 66.9 Å². The van der Waals surface area contributed by atoms with Crippen molar-refractivity contribution >= 4 is 51.1 Å². The number of halogens is 1. The fourth-order valence-corrected chi connectivity index (χ4v) is 10.6. The van der Waals surface area contributed by atoms with Crippen molar-refractivity contribution in [1.29, 1.82) is 0 Å². The van der Waals surface area contributed by atoms with Crippen LogP contribution in [0.15, 0.2) is 184 Å². The maximum Gasteiger partial charge on any atom is 0.501 e. The summed E-state index contributed by atoms with van der Waals surface area (Å²) >= 11 is 3.13. The molecule has 3 radical (unpaired) electrons. The quantitative estimate of drug-likeness (QED) is 0.0186. The number of aromatic hydroxyl groups is 2. The molecule has 0 aromatic heterocycles. The molecule has 0 spiro atoms. The van der Waals surface area contributed by atoms with Gasteiger partial charge in [0.25, 0.3) is 0 Å². The highest BCUT2D eigenvalue weighted by atomic mass is 79.9. The summed E-state index contributed by atoms with van der Waals surface area (Å²) < 4.78 is 55.9. The van der Waals surface area contributed by atoms with E-state index in [1.807, 2.05) is 139 Å². The SMILES string of the molecule is C=CCBr.C=CCOc1ccc(-c2ccc(OCC=C)cc2)cc1.CCCCOc1ccc(-c2ccc(OCCC[Si](OCC)(OCC)OCC)cc2)cc1.CCO[SiH](OCC)OCC.Oc1ccc(-c2ccc(O)cc2)cc1.[BH4-].[B]. The molecular weight excluding hydrogens is 1120 g/mol. The predicted octanol–water partition coefficient (Wildman–Crippen LogP) is 14.1. The van der Waals surface area contributed by atoms with Gasteiger partial charge < -0.3 is 55.7 Å². The lowest BCUT2D eigenvalue weighted by atomic mass is 10.1. The molecule has 0 bridgehead atoms. The van der Waals surface area contributed by atoms with Gasteiger partial charge in [0.1, 0.15) is 47.7 Å². The molecule has 0 saturated heterocycles. The zero-order chi connectivity index (χ0) is 57.8. The van der Waals surface area contributed by atoms with Gasteiger partial charge in [0.2, 0.25) is 0 Å². The molecule has 0 atom stereocenters. The third-order valence-electron chi connectivity index (χ3n) is 10.7. The molecule has 17 heteroatoms. The predicted molar refractivity (Wildman–Crippen MR) is 349 cm³/mol. The van der Waals surface area contributed by atoms with Crippen LogP contribution >= 0.6 is 15.9 Å². The summed E-state index contributed by atoms with van der Waals surface area (Å²) in [6, 6.07) is 47.1. The third kappa shape index (κ3) is 32.4. The number of phenols is 2.